The molecule has 0 spiro atoms. The smallest absolute Gasteiger partial charge is 0.342 e. The molecule has 0 radical (unpaired) electrons. The SMILES string of the molecule is CCOC(=O)c1c(O)c(Cc2ccccc2)nc2c1C(=O)N(Cc1ccc(F)cc1)C2C1CCCCCCC1. The molecule has 7 heteroatoms. The highest BCUT2D eigenvalue weighted by Crippen LogP contribution is 2.46. The van der Waals surface area contributed by atoms with Gasteiger partial charge in [0.15, 0.2) is 5.75 Å². The summed E-state index contributed by atoms with van der Waals surface area (Å²) >= 11 is 0. The quantitative estimate of drug-likeness (QED) is 0.342. The van der Waals surface area contributed by atoms with E-state index in [-0.39, 0.29) is 53.7 Å². The topological polar surface area (TPSA) is 79.7 Å². The summed E-state index contributed by atoms with van der Waals surface area (Å²) in [6.07, 6.45) is 7.86. The Morgan fingerprint density at radius 2 is 1.67 bits per heavy atom. The van der Waals surface area contributed by atoms with Crippen molar-refractivity contribution in [1.82, 2.24) is 9.88 Å². The fourth-order valence-electron chi connectivity index (χ4n) is 6.05. The molecule has 1 aromatic heterocycles. The molecule has 1 fully saturated rings. The second-order valence-corrected chi connectivity index (χ2v) is 10.5. The van der Waals surface area contributed by atoms with Gasteiger partial charge in [0.25, 0.3) is 5.91 Å². The number of halogens is 1. The van der Waals surface area contributed by atoms with Gasteiger partial charge < -0.3 is 14.7 Å². The Morgan fingerprint density at radius 1 is 1.00 bits per heavy atom. The van der Waals surface area contributed by atoms with Crippen LogP contribution in [-0.4, -0.2) is 33.5 Å². The molecule has 0 saturated heterocycles. The van der Waals surface area contributed by atoms with E-state index in [0.717, 1.165) is 49.7 Å². The molecule has 1 aliphatic carbocycles. The molecule has 0 bridgehead atoms. The number of ether oxygens (including phenoxy) is 1. The first kappa shape index (κ1) is 26.9. The fraction of sp³-hybridized carbons (Fsp3) is 0.406. The van der Waals surface area contributed by atoms with Crippen molar-refractivity contribution in [3.63, 3.8) is 0 Å². The van der Waals surface area contributed by atoms with Crippen LogP contribution < -0.4 is 0 Å². The third-order valence-corrected chi connectivity index (χ3v) is 7.92. The van der Waals surface area contributed by atoms with Crippen molar-refractivity contribution in [2.24, 2.45) is 5.92 Å². The van der Waals surface area contributed by atoms with Crippen LogP contribution >= 0.6 is 0 Å². The summed E-state index contributed by atoms with van der Waals surface area (Å²) in [5.74, 6) is -1.56. The Kier molecular flexibility index (Phi) is 8.24. The molecular weight excluding hydrogens is 495 g/mol. The van der Waals surface area contributed by atoms with Gasteiger partial charge in [-0.25, -0.2) is 9.18 Å². The number of hydrogen-bond acceptors (Lipinski definition) is 5. The minimum absolute atomic E-state index is 0.102. The van der Waals surface area contributed by atoms with Gasteiger partial charge in [-0.05, 0) is 48.9 Å². The predicted octanol–water partition coefficient (Wildman–Crippen LogP) is 6.75. The largest absolute Gasteiger partial charge is 0.505 e. The molecule has 204 valence electrons. The van der Waals surface area contributed by atoms with E-state index < -0.39 is 5.97 Å². The first-order valence-electron chi connectivity index (χ1n) is 14.0. The molecule has 1 amide bonds. The number of esters is 1. The molecule has 5 rings (SSSR count). The van der Waals surface area contributed by atoms with E-state index in [0.29, 0.717) is 17.8 Å². The van der Waals surface area contributed by atoms with Gasteiger partial charge in [0.1, 0.15) is 11.4 Å². The maximum absolute atomic E-state index is 14.1. The van der Waals surface area contributed by atoms with Crippen LogP contribution in [0, 0.1) is 11.7 Å². The monoisotopic (exact) mass is 530 g/mol. The van der Waals surface area contributed by atoms with Gasteiger partial charge in [-0.2, -0.15) is 0 Å². The average Bonchev–Trinajstić information content (AvgIpc) is 3.17. The van der Waals surface area contributed by atoms with E-state index in [9.17, 15) is 19.1 Å². The number of pyridine rings is 1. The van der Waals surface area contributed by atoms with Crippen molar-refractivity contribution in [3.05, 3.63) is 94.1 Å². The van der Waals surface area contributed by atoms with Crippen molar-refractivity contribution in [2.45, 2.75) is 70.9 Å². The number of benzene rings is 2. The molecule has 2 aliphatic rings. The second kappa shape index (κ2) is 12.0. The molecule has 2 heterocycles. The zero-order valence-corrected chi connectivity index (χ0v) is 22.4. The molecular formula is C32H35FN2O4. The van der Waals surface area contributed by atoms with E-state index in [1.807, 2.05) is 30.3 Å². The number of rotatable bonds is 7. The summed E-state index contributed by atoms with van der Waals surface area (Å²) in [4.78, 5) is 34.1. The molecule has 1 unspecified atom stereocenters. The first-order chi connectivity index (χ1) is 19.0. The van der Waals surface area contributed by atoms with Gasteiger partial charge in [0, 0.05) is 13.0 Å². The average molecular weight is 531 g/mol. The third-order valence-electron chi connectivity index (χ3n) is 7.92. The molecule has 3 aromatic rings. The summed E-state index contributed by atoms with van der Waals surface area (Å²) in [5.41, 5.74) is 2.66. The van der Waals surface area contributed by atoms with Crippen molar-refractivity contribution >= 4 is 11.9 Å². The minimum Gasteiger partial charge on any atom is -0.505 e. The van der Waals surface area contributed by atoms with Gasteiger partial charge in [0.2, 0.25) is 0 Å². The molecule has 1 N–H and O–H groups in total. The molecule has 39 heavy (non-hydrogen) atoms. The van der Waals surface area contributed by atoms with Gasteiger partial charge in [-0.1, -0.05) is 74.6 Å². The normalized spacial score (nSPS) is 17.9. The number of carbonyl (C=O) groups is 2. The number of fused-ring (bicyclic) bond motifs is 1. The maximum Gasteiger partial charge on any atom is 0.342 e. The number of aromatic nitrogens is 1. The van der Waals surface area contributed by atoms with Crippen LogP contribution in [0.1, 0.15) is 101 Å². The Labute approximate surface area is 228 Å². The van der Waals surface area contributed by atoms with Crippen LogP contribution in [0.25, 0.3) is 0 Å². The molecule has 2 aromatic carbocycles. The van der Waals surface area contributed by atoms with Crippen molar-refractivity contribution in [3.8, 4) is 5.75 Å². The Hall–Kier alpha value is -3.74. The maximum atomic E-state index is 14.1. The molecule has 1 saturated carbocycles. The van der Waals surface area contributed by atoms with Gasteiger partial charge in [-0.3, -0.25) is 9.78 Å². The first-order valence-corrected chi connectivity index (χ1v) is 14.0. The molecule has 1 atom stereocenters. The predicted molar refractivity (Wildman–Crippen MR) is 146 cm³/mol. The summed E-state index contributed by atoms with van der Waals surface area (Å²) in [6.45, 7) is 2.07. The van der Waals surface area contributed by atoms with Crippen LogP contribution in [0.5, 0.6) is 5.75 Å². The Balaban J connectivity index is 1.65. The Bertz CT molecular complexity index is 1320. The molecule has 6 nitrogen and oxygen atoms in total. The van der Waals surface area contributed by atoms with Crippen LogP contribution in [0.2, 0.25) is 0 Å². The van der Waals surface area contributed by atoms with Crippen LogP contribution in [0.3, 0.4) is 0 Å². The Morgan fingerprint density at radius 3 is 2.33 bits per heavy atom. The van der Waals surface area contributed by atoms with Crippen LogP contribution in [0.15, 0.2) is 54.6 Å². The lowest BCUT2D eigenvalue weighted by Gasteiger charge is -2.33. The number of aromatic hydroxyl groups is 1. The number of amides is 1. The highest BCUT2D eigenvalue weighted by molar-refractivity contribution is 6.10. The zero-order chi connectivity index (χ0) is 27.4. The summed E-state index contributed by atoms with van der Waals surface area (Å²) in [5, 5.41) is 11.3. The number of nitrogens with zero attached hydrogens (tertiary/aromatic N) is 2. The number of hydrogen-bond donors (Lipinski definition) is 1. The lowest BCUT2D eigenvalue weighted by molar-refractivity contribution is 0.0512. The lowest BCUT2D eigenvalue weighted by atomic mass is 9.83. The standard InChI is InChI=1S/C32H35FN2O4/c1-2-39-32(38)27-26-28(34-25(30(27)36)19-21-11-7-6-8-12-21)29(23-13-9-4-3-5-10-14-23)35(31(26)37)20-22-15-17-24(33)18-16-22/h6-8,11-12,15-18,23,29,36H,2-5,9-10,13-14,19-20H2,1H3. The summed E-state index contributed by atoms with van der Waals surface area (Å²) in [7, 11) is 0. The van der Waals surface area contributed by atoms with Crippen molar-refractivity contribution in [2.75, 3.05) is 6.61 Å². The number of carbonyl (C=O) groups excluding carboxylic acids is 2. The van der Waals surface area contributed by atoms with Crippen molar-refractivity contribution < 1.29 is 23.8 Å². The van der Waals surface area contributed by atoms with E-state index in [4.69, 9.17) is 9.72 Å². The summed E-state index contributed by atoms with van der Waals surface area (Å²) < 4.78 is 19.0. The van der Waals surface area contributed by atoms with E-state index in [2.05, 4.69) is 0 Å². The van der Waals surface area contributed by atoms with E-state index in [1.54, 1.807) is 24.0 Å². The minimum atomic E-state index is -0.726. The van der Waals surface area contributed by atoms with Gasteiger partial charge in [0.05, 0.1) is 29.6 Å². The molecule has 1 aliphatic heterocycles. The second-order valence-electron chi connectivity index (χ2n) is 10.5. The van der Waals surface area contributed by atoms with Crippen LogP contribution in [0.4, 0.5) is 4.39 Å². The highest BCUT2D eigenvalue weighted by Gasteiger charge is 2.46. The van der Waals surface area contributed by atoms with Crippen LogP contribution in [-0.2, 0) is 17.7 Å². The van der Waals surface area contributed by atoms with E-state index in [1.165, 1.54) is 18.6 Å². The lowest BCUT2D eigenvalue weighted by Crippen LogP contribution is -2.32. The zero-order valence-electron chi connectivity index (χ0n) is 22.4. The van der Waals surface area contributed by atoms with E-state index >= 15 is 0 Å². The van der Waals surface area contributed by atoms with Crippen molar-refractivity contribution in [1.29, 1.82) is 0 Å². The van der Waals surface area contributed by atoms with Gasteiger partial charge in [-0.15, -0.1) is 0 Å². The van der Waals surface area contributed by atoms with Gasteiger partial charge >= 0.3 is 5.97 Å². The third kappa shape index (κ3) is 5.68. The summed E-state index contributed by atoms with van der Waals surface area (Å²) in [6, 6.07) is 15.4. The fourth-order valence-corrected chi connectivity index (χ4v) is 6.05. The highest BCUT2D eigenvalue weighted by atomic mass is 19.1.